The van der Waals surface area contributed by atoms with Crippen LogP contribution in [0.25, 0.3) is 0 Å². The standard InChI is InChI=1S/C18H15ClF2N2O3/c19-12-3-1-11(2-4-12)10-17(7-8-17)23-16(24)22-13-5-6-14-15(9-13)26-18(20,21)25-14/h1-6,9H,7-8,10H2,(H2,22,23,24). The van der Waals surface area contributed by atoms with Gasteiger partial charge < -0.3 is 20.1 Å². The Hall–Kier alpha value is -2.54. The van der Waals surface area contributed by atoms with E-state index in [1.165, 1.54) is 18.2 Å². The molecule has 5 nitrogen and oxygen atoms in total. The topological polar surface area (TPSA) is 59.6 Å². The summed E-state index contributed by atoms with van der Waals surface area (Å²) in [6.45, 7) is 0. The Labute approximate surface area is 153 Å². The van der Waals surface area contributed by atoms with Crippen LogP contribution in [0, 0.1) is 0 Å². The van der Waals surface area contributed by atoms with Crippen molar-refractivity contribution in [3.63, 3.8) is 0 Å². The van der Waals surface area contributed by atoms with Gasteiger partial charge in [-0.05, 0) is 49.1 Å². The third-order valence-corrected chi connectivity index (χ3v) is 4.60. The summed E-state index contributed by atoms with van der Waals surface area (Å²) in [4.78, 5) is 12.3. The van der Waals surface area contributed by atoms with Gasteiger partial charge in [0.1, 0.15) is 0 Å². The van der Waals surface area contributed by atoms with Crippen molar-refractivity contribution in [1.29, 1.82) is 0 Å². The molecule has 0 aromatic heterocycles. The number of rotatable bonds is 4. The Morgan fingerprint density at radius 1 is 1.08 bits per heavy atom. The maximum Gasteiger partial charge on any atom is 0.586 e. The number of hydrogen-bond acceptors (Lipinski definition) is 3. The van der Waals surface area contributed by atoms with Crippen molar-refractivity contribution in [1.82, 2.24) is 5.32 Å². The first-order valence-corrected chi connectivity index (χ1v) is 8.44. The number of alkyl halides is 2. The monoisotopic (exact) mass is 380 g/mol. The number of benzene rings is 2. The number of nitrogens with one attached hydrogen (secondary N) is 2. The van der Waals surface area contributed by atoms with Gasteiger partial charge in [0.2, 0.25) is 0 Å². The van der Waals surface area contributed by atoms with Crippen LogP contribution in [0.1, 0.15) is 18.4 Å². The fourth-order valence-corrected chi connectivity index (χ4v) is 3.05. The molecule has 2 N–H and O–H groups in total. The molecule has 1 heterocycles. The fraction of sp³-hybridized carbons (Fsp3) is 0.278. The lowest BCUT2D eigenvalue weighted by molar-refractivity contribution is -0.286. The van der Waals surface area contributed by atoms with Crippen LogP contribution < -0.4 is 20.1 Å². The van der Waals surface area contributed by atoms with Crippen LogP contribution in [0.5, 0.6) is 11.5 Å². The zero-order valence-electron chi connectivity index (χ0n) is 13.5. The maximum atomic E-state index is 13.0. The number of ether oxygens (including phenoxy) is 2. The Morgan fingerprint density at radius 2 is 1.77 bits per heavy atom. The average Bonchev–Trinajstić information content (AvgIpc) is 3.22. The quantitative estimate of drug-likeness (QED) is 0.817. The average molecular weight is 381 g/mol. The van der Waals surface area contributed by atoms with Crippen molar-refractivity contribution in [3.8, 4) is 11.5 Å². The molecule has 1 saturated carbocycles. The van der Waals surface area contributed by atoms with Crippen molar-refractivity contribution in [2.75, 3.05) is 5.32 Å². The third kappa shape index (κ3) is 3.67. The normalized spacial score (nSPS) is 18.3. The van der Waals surface area contributed by atoms with Gasteiger partial charge in [-0.2, -0.15) is 0 Å². The van der Waals surface area contributed by atoms with E-state index in [-0.39, 0.29) is 17.0 Å². The second-order valence-electron chi connectivity index (χ2n) is 6.49. The summed E-state index contributed by atoms with van der Waals surface area (Å²) in [6.07, 6.45) is -1.24. The highest BCUT2D eigenvalue weighted by molar-refractivity contribution is 6.30. The number of urea groups is 1. The molecule has 2 aromatic rings. The van der Waals surface area contributed by atoms with Crippen LogP contribution >= 0.6 is 11.6 Å². The van der Waals surface area contributed by atoms with Crippen molar-refractivity contribution in [2.45, 2.75) is 31.1 Å². The fourth-order valence-electron chi connectivity index (χ4n) is 2.92. The number of halogens is 3. The number of anilines is 1. The van der Waals surface area contributed by atoms with Gasteiger partial charge in [0, 0.05) is 22.3 Å². The smallest absolute Gasteiger partial charge is 0.395 e. The van der Waals surface area contributed by atoms with Gasteiger partial charge in [0.25, 0.3) is 0 Å². The molecule has 136 valence electrons. The zero-order chi connectivity index (χ0) is 18.4. The lowest BCUT2D eigenvalue weighted by atomic mass is 10.0. The molecule has 0 saturated heterocycles. The molecule has 0 radical (unpaired) electrons. The molecule has 4 rings (SSSR count). The molecule has 0 bridgehead atoms. The molecule has 0 unspecified atom stereocenters. The summed E-state index contributed by atoms with van der Waals surface area (Å²) in [7, 11) is 0. The van der Waals surface area contributed by atoms with Gasteiger partial charge >= 0.3 is 12.3 Å². The van der Waals surface area contributed by atoms with Crippen LogP contribution in [0.2, 0.25) is 5.02 Å². The van der Waals surface area contributed by atoms with Gasteiger partial charge in [0.05, 0.1) is 0 Å². The summed E-state index contributed by atoms with van der Waals surface area (Å²) < 4.78 is 34.8. The lowest BCUT2D eigenvalue weighted by Gasteiger charge is -2.18. The highest BCUT2D eigenvalue weighted by Gasteiger charge is 2.45. The van der Waals surface area contributed by atoms with Gasteiger partial charge in [-0.1, -0.05) is 23.7 Å². The molecule has 26 heavy (non-hydrogen) atoms. The van der Waals surface area contributed by atoms with E-state index >= 15 is 0 Å². The van der Waals surface area contributed by atoms with Crippen molar-refractivity contribution in [3.05, 3.63) is 53.1 Å². The van der Waals surface area contributed by atoms with Gasteiger partial charge in [-0.25, -0.2) is 4.79 Å². The van der Waals surface area contributed by atoms with Gasteiger partial charge in [-0.3, -0.25) is 0 Å². The van der Waals surface area contributed by atoms with E-state index in [9.17, 15) is 13.6 Å². The van der Waals surface area contributed by atoms with Crippen LogP contribution in [-0.2, 0) is 6.42 Å². The Balaban J connectivity index is 1.38. The number of hydrogen-bond donors (Lipinski definition) is 2. The number of carbonyl (C=O) groups excluding carboxylic acids is 1. The largest absolute Gasteiger partial charge is 0.586 e. The Morgan fingerprint density at radius 3 is 2.46 bits per heavy atom. The van der Waals surface area contributed by atoms with Crippen molar-refractivity contribution < 1.29 is 23.0 Å². The molecular weight excluding hydrogens is 366 g/mol. The minimum Gasteiger partial charge on any atom is -0.395 e. The van der Waals surface area contributed by atoms with Crippen molar-refractivity contribution >= 4 is 23.3 Å². The summed E-state index contributed by atoms with van der Waals surface area (Å²) in [5.74, 6) is -0.183. The molecular formula is C18H15ClF2N2O3. The molecule has 2 aliphatic rings. The van der Waals surface area contributed by atoms with Crippen LogP contribution in [0.4, 0.5) is 19.3 Å². The second-order valence-corrected chi connectivity index (χ2v) is 6.93. The molecule has 8 heteroatoms. The molecule has 1 fully saturated rings. The second kappa shape index (κ2) is 6.02. The van der Waals surface area contributed by atoms with E-state index in [2.05, 4.69) is 20.1 Å². The van der Waals surface area contributed by atoms with E-state index in [1.807, 2.05) is 24.3 Å². The summed E-state index contributed by atoms with van der Waals surface area (Å²) in [5, 5.41) is 6.26. The first-order valence-electron chi connectivity index (χ1n) is 8.06. The zero-order valence-corrected chi connectivity index (χ0v) is 14.3. The predicted octanol–water partition coefficient (Wildman–Crippen LogP) is 4.56. The minimum atomic E-state index is -3.68. The molecule has 1 aliphatic carbocycles. The van der Waals surface area contributed by atoms with E-state index in [4.69, 9.17) is 11.6 Å². The summed E-state index contributed by atoms with van der Waals surface area (Å²) >= 11 is 5.89. The Bertz CT molecular complexity index is 854. The van der Waals surface area contributed by atoms with E-state index < -0.39 is 12.3 Å². The van der Waals surface area contributed by atoms with Crippen LogP contribution in [0.3, 0.4) is 0 Å². The van der Waals surface area contributed by atoms with E-state index in [1.54, 1.807) is 0 Å². The van der Waals surface area contributed by atoms with E-state index in [0.29, 0.717) is 17.1 Å². The Kier molecular flexibility index (Phi) is 3.91. The number of carbonyl (C=O) groups is 1. The number of amides is 2. The first kappa shape index (κ1) is 16.9. The molecule has 0 atom stereocenters. The molecule has 0 spiro atoms. The maximum absolute atomic E-state index is 13.0. The summed E-state index contributed by atoms with van der Waals surface area (Å²) in [5.41, 5.74) is 1.13. The van der Waals surface area contributed by atoms with Crippen LogP contribution in [0.15, 0.2) is 42.5 Å². The molecule has 2 aromatic carbocycles. The predicted molar refractivity (Wildman–Crippen MR) is 91.9 cm³/mol. The summed E-state index contributed by atoms with van der Waals surface area (Å²) in [6, 6.07) is 11.2. The number of fused-ring (bicyclic) bond motifs is 1. The van der Waals surface area contributed by atoms with Crippen molar-refractivity contribution in [2.24, 2.45) is 0 Å². The highest BCUT2D eigenvalue weighted by atomic mass is 35.5. The lowest BCUT2D eigenvalue weighted by Crippen LogP contribution is -2.41. The van der Waals surface area contributed by atoms with Crippen LogP contribution in [-0.4, -0.2) is 17.9 Å². The highest BCUT2D eigenvalue weighted by Crippen LogP contribution is 2.42. The van der Waals surface area contributed by atoms with Gasteiger partial charge in [-0.15, -0.1) is 8.78 Å². The molecule has 1 aliphatic heterocycles. The third-order valence-electron chi connectivity index (χ3n) is 4.35. The van der Waals surface area contributed by atoms with Gasteiger partial charge in [0.15, 0.2) is 11.5 Å². The minimum absolute atomic E-state index is 0.0673. The van der Waals surface area contributed by atoms with E-state index in [0.717, 1.165) is 18.4 Å². The molecule has 2 amide bonds. The SMILES string of the molecule is O=C(Nc1ccc2c(c1)OC(F)(F)O2)NC1(Cc2ccc(Cl)cc2)CC1. The first-order chi connectivity index (χ1) is 12.3.